The van der Waals surface area contributed by atoms with Gasteiger partial charge in [-0.2, -0.15) is 0 Å². The summed E-state index contributed by atoms with van der Waals surface area (Å²) >= 11 is 3.94. The summed E-state index contributed by atoms with van der Waals surface area (Å²) in [5, 5.41) is 19.8. The number of benzene rings is 1. The smallest absolute Gasteiger partial charge is 0.233 e. The molecule has 1 rings (SSSR count). The van der Waals surface area contributed by atoms with Gasteiger partial charge in [0.05, 0.1) is 3.57 Å². The van der Waals surface area contributed by atoms with Crippen molar-refractivity contribution in [3.8, 4) is 11.5 Å². The Morgan fingerprint density at radius 2 is 1.90 bits per heavy atom. The molecule has 0 heterocycles. The van der Waals surface area contributed by atoms with Crippen molar-refractivity contribution >= 4 is 45.2 Å². The minimum Gasteiger partial charge on any atom is -0.504 e. The van der Waals surface area contributed by atoms with Gasteiger partial charge in [0, 0.05) is 3.57 Å². The normalized spacial score (nSPS) is 9.80. The van der Waals surface area contributed by atoms with E-state index in [1.54, 1.807) is 6.07 Å². The zero-order valence-electron chi connectivity index (χ0n) is 4.77. The number of hydrogen-bond donors (Lipinski definition) is 1. The van der Waals surface area contributed by atoms with Crippen LogP contribution in [0.2, 0.25) is 0 Å². The van der Waals surface area contributed by atoms with E-state index in [0.717, 1.165) is 3.57 Å². The van der Waals surface area contributed by atoms with E-state index in [1.165, 1.54) is 6.07 Å². The quantitative estimate of drug-likeness (QED) is 0.710. The summed E-state index contributed by atoms with van der Waals surface area (Å²) in [7, 11) is 0. The van der Waals surface area contributed by atoms with Gasteiger partial charge in [0.2, 0.25) is 5.75 Å². The Kier molecular flexibility index (Phi) is 2.61. The molecule has 10 heavy (non-hydrogen) atoms. The van der Waals surface area contributed by atoms with Crippen molar-refractivity contribution in [3.05, 3.63) is 19.3 Å². The second-order valence-corrected chi connectivity index (χ2v) is 4.14. The largest absolute Gasteiger partial charge is 0.504 e. The molecule has 0 fully saturated rings. The van der Waals surface area contributed by atoms with Crippen molar-refractivity contribution in [3.63, 3.8) is 0 Å². The first-order valence-corrected chi connectivity index (χ1v) is 4.62. The standard InChI is InChI=1S/C6H3I2O2/c7-3-1-4(8)6(10)5(9)2-3/h1-2,9H. The van der Waals surface area contributed by atoms with Gasteiger partial charge < -0.3 is 5.11 Å². The summed E-state index contributed by atoms with van der Waals surface area (Å²) in [5.41, 5.74) is 0. The van der Waals surface area contributed by atoms with Gasteiger partial charge in [-0.3, -0.25) is 5.11 Å². The molecular formula is C6H3I2O2. The SMILES string of the molecule is [O]c1c(O)cc(I)cc1I. The first-order valence-electron chi connectivity index (χ1n) is 2.46. The van der Waals surface area contributed by atoms with Gasteiger partial charge in [0.1, 0.15) is 0 Å². The first-order chi connectivity index (χ1) is 4.61. The summed E-state index contributed by atoms with van der Waals surface area (Å²) in [6.45, 7) is 0. The van der Waals surface area contributed by atoms with E-state index in [-0.39, 0.29) is 11.5 Å². The Morgan fingerprint density at radius 3 is 2.40 bits per heavy atom. The van der Waals surface area contributed by atoms with Crippen LogP contribution < -0.4 is 0 Å². The lowest BCUT2D eigenvalue weighted by Gasteiger charge is -1.96. The van der Waals surface area contributed by atoms with Crippen LogP contribution in [0.25, 0.3) is 0 Å². The Balaban J connectivity index is 3.31. The van der Waals surface area contributed by atoms with E-state index >= 15 is 0 Å². The third-order valence-corrected chi connectivity index (χ3v) is 2.41. The van der Waals surface area contributed by atoms with Gasteiger partial charge in [-0.25, -0.2) is 0 Å². The van der Waals surface area contributed by atoms with Gasteiger partial charge in [0.15, 0.2) is 5.75 Å². The lowest BCUT2D eigenvalue weighted by molar-refractivity contribution is 0.321. The van der Waals surface area contributed by atoms with Crippen LogP contribution in [-0.2, 0) is 5.11 Å². The molecule has 2 nitrogen and oxygen atoms in total. The van der Waals surface area contributed by atoms with E-state index in [9.17, 15) is 5.11 Å². The van der Waals surface area contributed by atoms with Crippen LogP contribution in [0.1, 0.15) is 0 Å². The molecule has 0 saturated carbocycles. The molecule has 0 aromatic heterocycles. The number of phenols is 1. The monoisotopic (exact) mass is 361 g/mol. The van der Waals surface area contributed by atoms with E-state index in [4.69, 9.17) is 5.11 Å². The molecule has 1 aromatic rings. The number of aromatic hydroxyl groups is 1. The Bertz CT molecular complexity index is 237. The summed E-state index contributed by atoms with van der Waals surface area (Å²) in [5.74, 6) is -0.461. The predicted molar refractivity (Wildman–Crippen MR) is 53.7 cm³/mol. The van der Waals surface area contributed by atoms with Gasteiger partial charge in [-0.05, 0) is 57.3 Å². The van der Waals surface area contributed by atoms with Crippen LogP contribution in [0.15, 0.2) is 12.1 Å². The lowest BCUT2D eigenvalue weighted by atomic mass is 10.3. The predicted octanol–water partition coefficient (Wildman–Crippen LogP) is 2.75. The third-order valence-electron chi connectivity index (χ3n) is 0.989. The third kappa shape index (κ3) is 1.66. The number of hydrogen-bond acceptors (Lipinski definition) is 1. The van der Waals surface area contributed by atoms with Crippen molar-refractivity contribution in [1.82, 2.24) is 0 Å². The maximum absolute atomic E-state index is 10.9. The zero-order valence-corrected chi connectivity index (χ0v) is 9.08. The number of rotatable bonds is 0. The second kappa shape index (κ2) is 3.12. The summed E-state index contributed by atoms with van der Waals surface area (Å²) in [6, 6.07) is 3.17. The van der Waals surface area contributed by atoms with Gasteiger partial charge in [0.25, 0.3) is 0 Å². The van der Waals surface area contributed by atoms with Crippen LogP contribution in [0, 0.1) is 7.14 Å². The molecule has 1 N–H and O–H groups in total. The van der Waals surface area contributed by atoms with Crippen molar-refractivity contribution in [2.45, 2.75) is 0 Å². The summed E-state index contributed by atoms with van der Waals surface area (Å²) in [4.78, 5) is 0. The molecule has 53 valence electrons. The van der Waals surface area contributed by atoms with Crippen molar-refractivity contribution in [2.75, 3.05) is 0 Å². The summed E-state index contributed by atoms with van der Waals surface area (Å²) in [6.07, 6.45) is 0. The number of halogens is 2. The molecule has 0 bridgehead atoms. The maximum Gasteiger partial charge on any atom is 0.233 e. The first kappa shape index (κ1) is 8.38. The van der Waals surface area contributed by atoms with Crippen LogP contribution >= 0.6 is 45.2 Å². The van der Waals surface area contributed by atoms with Crippen molar-refractivity contribution in [1.29, 1.82) is 0 Å². The second-order valence-electron chi connectivity index (χ2n) is 1.74. The molecule has 1 radical (unpaired) electrons. The molecule has 4 heteroatoms. The van der Waals surface area contributed by atoms with Gasteiger partial charge in [-0.15, -0.1) is 0 Å². The highest BCUT2D eigenvalue weighted by molar-refractivity contribution is 14.1. The molecule has 1 aromatic carbocycles. The Hall–Kier alpha value is 0.280. The fourth-order valence-corrected chi connectivity index (χ4v) is 2.36. The van der Waals surface area contributed by atoms with Crippen LogP contribution in [0.4, 0.5) is 0 Å². The minimum absolute atomic E-state index is 0.170. The average molecular weight is 361 g/mol. The lowest BCUT2D eigenvalue weighted by Crippen LogP contribution is -1.76. The van der Waals surface area contributed by atoms with Crippen LogP contribution in [-0.4, -0.2) is 5.11 Å². The Morgan fingerprint density at radius 1 is 1.30 bits per heavy atom. The van der Waals surface area contributed by atoms with E-state index in [1.807, 2.05) is 45.2 Å². The molecular weight excluding hydrogens is 358 g/mol. The molecule has 0 aliphatic carbocycles. The van der Waals surface area contributed by atoms with Crippen LogP contribution in [0.3, 0.4) is 0 Å². The van der Waals surface area contributed by atoms with E-state index in [0.29, 0.717) is 3.57 Å². The molecule has 0 atom stereocenters. The maximum atomic E-state index is 10.9. The molecule has 0 unspecified atom stereocenters. The highest BCUT2D eigenvalue weighted by Gasteiger charge is 2.06. The van der Waals surface area contributed by atoms with Gasteiger partial charge in [-0.1, -0.05) is 0 Å². The fourth-order valence-electron chi connectivity index (χ4n) is 0.547. The molecule has 0 amide bonds. The molecule has 0 aliphatic rings. The average Bonchev–Trinajstić information content (AvgIpc) is 1.82. The highest BCUT2D eigenvalue weighted by Crippen LogP contribution is 2.32. The van der Waals surface area contributed by atoms with Crippen molar-refractivity contribution in [2.24, 2.45) is 0 Å². The topological polar surface area (TPSA) is 40.1 Å². The van der Waals surface area contributed by atoms with Crippen LogP contribution in [0.5, 0.6) is 11.5 Å². The van der Waals surface area contributed by atoms with E-state index in [2.05, 4.69) is 0 Å². The minimum atomic E-state index is -0.291. The molecule has 0 saturated heterocycles. The zero-order chi connectivity index (χ0) is 7.72. The summed E-state index contributed by atoms with van der Waals surface area (Å²) < 4.78 is 1.43. The molecule has 0 aliphatic heterocycles. The van der Waals surface area contributed by atoms with Crippen molar-refractivity contribution < 1.29 is 10.2 Å². The molecule has 0 spiro atoms. The Labute approximate surface area is 85.5 Å². The fraction of sp³-hybridized carbons (Fsp3) is 0. The van der Waals surface area contributed by atoms with E-state index < -0.39 is 0 Å². The van der Waals surface area contributed by atoms with Gasteiger partial charge >= 0.3 is 0 Å². The number of phenolic OH excluding ortho intramolecular Hbond substituents is 1. The highest BCUT2D eigenvalue weighted by atomic mass is 127.